The Kier molecular flexibility index (Phi) is 7.13. The van der Waals surface area contributed by atoms with Gasteiger partial charge in [0.15, 0.2) is 0 Å². The lowest BCUT2D eigenvalue weighted by molar-refractivity contribution is 0.00918. The summed E-state index contributed by atoms with van der Waals surface area (Å²) >= 11 is 3.64. The Morgan fingerprint density at radius 2 is 1.38 bits per heavy atom. The van der Waals surface area contributed by atoms with Crippen LogP contribution in [0.2, 0.25) is 5.04 Å². The van der Waals surface area contributed by atoms with E-state index < -0.39 is 8.80 Å². The summed E-state index contributed by atoms with van der Waals surface area (Å²) in [7, 11) is -1.38. The Morgan fingerprint density at radius 1 is 0.885 bits per heavy atom. The molecule has 2 aromatic rings. The molecule has 0 heterocycles. The molecule has 0 N–H and O–H groups in total. The molecule has 1 aliphatic carbocycles. The molecular weight excluding hydrogens is 400 g/mol. The summed E-state index contributed by atoms with van der Waals surface area (Å²) in [6, 6.07) is 22.2. The summed E-state index contributed by atoms with van der Waals surface area (Å²) in [6.07, 6.45) is 5.49. The van der Waals surface area contributed by atoms with E-state index in [0.717, 1.165) is 17.9 Å². The summed E-state index contributed by atoms with van der Waals surface area (Å²) in [5.74, 6) is 0.846. The van der Waals surface area contributed by atoms with E-state index in [1.54, 1.807) is 0 Å². The fourth-order valence-electron chi connectivity index (χ4n) is 4.25. The van der Waals surface area contributed by atoms with Crippen molar-refractivity contribution in [3.8, 4) is 0 Å². The van der Waals surface area contributed by atoms with Gasteiger partial charge in [-0.2, -0.15) is 0 Å². The number of hydrogen-bond acceptors (Lipinski definition) is 1. The lowest BCUT2D eigenvalue weighted by Gasteiger charge is -2.36. The molecule has 3 heteroatoms. The van der Waals surface area contributed by atoms with Crippen molar-refractivity contribution < 1.29 is 4.74 Å². The zero-order valence-corrected chi connectivity index (χ0v) is 18.8. The number of halogens is 1. The van der Waals surface area contributed by atoms with Crippen molar-refractivity contribution in [2.45, 2.75) is 50.7 Å². The standard InChI is InChI=1S/C23H31BrOSi/c1-23(2,18-25-20-15-13-19(17-24)14-16-20)26(21-9-5-3-6-10-21)22-11-7-4-8-12-22/h3-12,19-20,26H,13-18H2,1-2H3. The van der Waals surface area contributed by atoms with Crippen molar-refractivity contribution in [3.05, 3.63) is 60.7 Å². The monoisotopic (exact) mass is 430 g/mol. The lowest BCUT2D eigenvalue weighted by Crippen LogP contribution is -2.51. The van der Waals surface area contributed by atoms with Gasteiger partial charge in [0.05, 0.1) is 12.7 Å². The predicted octanol–water partition coefficient (Wildman–Crippen LogP) is 4.78. The number of rotatable bonds is 7. The van der Waals surface area contributed by atoms with E-state index in [1.165, 1.54) is 36.1 Å². The first-order valence-electron chi connectivity index (χ1n) is 9.87. The van der Waals surface area contributed by atoms with Crippen LogP contribution in [0.3, 0.4) is 0 Å². The van der Waals surface area contributed by atoms with Gasteiger partial charge >= 0.3 is 0 Å². The largest absolute Gasteiger partial charge is 0.378 e. The molecule has 0 radical (unpaired) electrons. The van der Waals surface area contributed by atoms with Crippen LogP contribution in [-0.4, -0.2) is 26.8 Å². The van der Waals surface area contributed by atoms with Crippen LogP contribution in [0.4, 0.5) is 0 Å². The second-order valence-electron chi connectivity index (χ2n) is 8.35. The van der Waals surface area contributed by atoms with Gasteiger partial charge in [-0.05, 0) is 36.6 Å². The molecule has 0 spiro atoms. The molecule has 0 saturated heterocycles. The summed E-state index contributed by atoms with van der Waals surface area (Å²) in [6.45, 7) is 5.68. The molecule has 0 unspecified atom stereocenters. The highest BCUT2D eigenvalue weighted by Gasteiger charge is 2.35. The third-order valence-corrected chi connectivity index (χ3v) is 10.5. The van der Waals surface area contributed by atoms with E-state index in [4.69, 9.17) is 4.74 Å². The summed E-state index contributed by atoms with van der Waals surface area (Å²) in [5.41, 5.74) is 0. The highest BCUT2D eigenvalue weighted by Crippen LogP contribution is 2.33. The number of ether oxygens (including phenoxy) is 1. The van der Waals surface area contributed by atoms with Gasteiger partial charge in [-0.25, -0.2) is 0 Å². The lowest BCUT2D eigenvalue weighted by atomic mass is 9.89. The maximum Gasteiger partial charge on any atom is 0.110 e. The molecule has 0 atom stereocenters. The van der Waals surface area contributed by atoms with Gasteiger partial charge in [0, 0.05) is 5.33 Å². The normalized spacial score (nSPS) is 21.1. The third-order valence-electron chi connectivity index (χ3n) is 5.75. The zero-order valence-electron chi connectivity index (χ0n) is 16.0. The highest BCUT2D eigenvalue weighted by atomic mass is 79.9. The van der Waals surface area contributed by atoms with Crippen molar-refractivity contribution in [1.29, 1.82) is 0 Å². The van der Waals surface area contributed by atoms with Crippen molar-refractivity contribution in [1.82, 2.24) is 0 Å². The molecule has 0 aliphatic heterocycles. The SMILES string of the molecule is CC(C)(COC1CCC(CBr)CC1)[SiH](c1ccccc1)c1ccccc1. The van der Waals surface area contributed by atoms with Crippen molar-refractivity contribution in [2.75, 3.05) is 11.9 Å². The van der Waals surface area contributed by atoms with E-state index in [0.29, 0.717) is 6.10 Å². The molecule has 0 aromatic heterocycles. The van der Waals surface area contributed by atoms with Crippen molar-refractivity contribution in [2.24, 2.45) is 5.92 Å². The molecule has 2 aromatic carbocycles. The minimum atomic E-state index is -1.38. The van der Waals surface area contributed by atoms with E-state index in [9.17, 15) is 0 Å². The second kappa shape index (κ2) is 9.34. The van der Waals surface area contributed by atoms with Crippen molar-refractivity contribution >= 4 is 35.1 Å². The Morgan fingerprint density at radius 3 is 1.85 bits per heavy atom. The number of alkyl halides is 1. The quantitative estimate of drug-likeness (QED) is 0.453. The smallest absolute Gasteiger partial charge is 0.110 e. The van der Waals surface area contributed by atoms with Crippen molar-refractivity contribution in [3.63, 3.8) is 0 Å². The van der Waals surface area contributed by atoms with Gasteiger partial charge in [0.2, 0.25) is 0 Å². The van der Waals surface area contributed by atoms with Crippen LogP contribution in [0.15, 0.2) is 60.7 Å². The minimum Gasteiger partial charge on any atom is -0.378 e. The van der Waals surface area contributed by atoms with Gasteiger partial charge in [-0.1, -0.05) is 101 Å². The average Bonchev–Trinajstić information content (AvgIpc) is 2.68. The molecule has 26 heavy (non-hydrogen) atoms. The van der Waals surface area contributed by atoms with Gasteiger partial charge in [0.1, 0.15) is 8.80 Å². The first-order chi connectivity index (χ1) is 12.6. The Bertz CT molecular complexity index is 611. The van der Waals surface area contributed by atoms with Crippen LogP contribution >= 0.6 is 15.9 Å². The summed E-state index contributed by atoms with van der Waals surface area (Å²) < 4.78 is 6.48. The van der Waals surface area contributed by atoms with Crippen LogP contribution < -0.4 is 10.4 Å². The molecule has 1 nitrogen and oxygen atoms in total. The van der Waals surface area contributed by atoms with Gasteiger partial charge in [-0.15, -0.1) is 0 Å². The van der Waals surface area contributed by atoms with Crippen LogP contribution in [0.1, 0.15) is 39.5 Å². The van der Waals surface area contributed by atoms with Gasteiger partial charge < -0.3 is 4.74 Å². The molecule has 140 valence electrons. The molecule has 1 aliphatic rings. The molecule has 1 saturated carbocycles. The van der Waals surface area contributed by atoms with Crippen LogP contribution in [0.5, 0.6) is 0 Å². The first kappa shape index (κ1) is 19.8. The predicted molar refractivity (Wildman–Crippen MR) is 119 cm³/mol. The molecule has 1 fully saturated rings. The Labute approximate surface area is 168 Å². The number of hydrogen-bond donors (Lipinski definition) is 0. The Hall–Kier alpha value is -0.903. The van der Waals surface area contributed by atoms with E-state index in [2.05, 4.69) is 90.4 Å². The fourth-order valence-corrected chi connectivity index (χ4v) is 8.57. The second-order valence-corrected chi connectivity index (χ2v) is 12.8. The third kappa shape index (κ3) is 5.08. The fraction of sp³-hybridized carbons (Fsp3) is 0.478. The van der Waals surface area contributed by atoms with Crippen LogP contribution in [0.25, 0.3) is 0 Å². The maximum atomic E-state index is 6.48. The van der Waals surface area contributed by atoms with E-state index >= 15 is 0 Å². The number of benzene rings is 2. The van der Waals surface area contributed by atoms with E-state index in [-0.39, 0.29) is 5.04 Å². The van der Waals surface area contributed by atoms with E-state index in [1.807, 2.05) is 0 Å². The van der Waals surface area contributed by atoms with Gasteiger partial charge in [-0.3, -0.25) is 0 Å². The molecule has 0 amide bonds. The molecule has 0 bridgehead atoms. The van der Waals surface area contributed by atoms with Gasteiger partial charge in [0.25, 0.3) is 0 Å². The average molecular weight is 431 g/mol. The van der Waals surface area contributed by atoms with Crippen LogP contribution in [0, 0.1) is 5.92 Å². The topological polar surface area (TPSA) is 9.23 Å². The summed E-state index contributed by atoms with van der Waals surface area (Å²) in [5, 5.41) is 4.34. The maximum absolute atomic E-state index is 6.48. The first-order valence-corrected chi connectivity index (χ1v) is 12.7. The van der Waals surface area contributed by atoms with Crippen LogP contribution in [-0.2, 0) is 4.74 Å². The summed E-state index contributed by atoms with van der Waals surface area (Å²) in [4.78, 5) is 0. The Balaban J connectivity index is 1.73. The zero-order chi connectivity index (χ0) is 18.4. The minimum absolute atomic E-state index is 0.176. The molecule has 3 rings (SSSR count). The highest BCUT2D eigenvalue weighted by molar-refractivity contribution is 9.09. The molecular formula is C23H31BrOSi.